The Hall–Kier alpha value is -0.910. The second kappa shape index (κ2) is 4.76. The van der Waals surface area contributed by atoms with Crippen molar-refractivity contribution in [3.8, 4) is 10.7 Å². The first-order valence-corrected chi connectivity index (χ1v) is 7.67. The molecule has 0 aliphatic carbocycles. The van der Waals surface area contributed by atoms with Crippen molar-refractivity contribution in [1.82, 2.24) is 9.55 Å². The van der Waals surface area contributed by atoms with Crippen LogP contribution in [0.4, 0.5) is 0 Å². The number of thiophene rings is 2. The second-order valence-corrected chi connectivity index (χ2v) is 6.35. The summed E-state index contributed by atoms with van der Waals surface area (Å²) in [7, 11) is 0. The van der Waals surface area contributed by atoms with E-state index >= 15 is 0 Å². The van der Waals surface area contributed by atoms with E-state index in [1.807, 2.05) is 12.4 Å². The Bertz CT molecular complexity index is 610. The van der Waals surface area contributed by atoms with Crippen LogP contribution in [0.15, 0.2) is 45.8 Å². The molecule has 0 fully saturated rings. The number of imidazole rings is 1. The Kier molecular flexibility index (Phi) is 3.13. The van der Waals surface area contributed by atoms with E-state index in [-0.39, 0.29) is 0 Å². The number of aromatic nitrogens is 2. The van der Waals surface area contributed by atoms with Crippen molar-refractivity contribution in [2.75, 3.05) is 0 Å². The van der Waals surface area contributed by atoms with E-state index in [0.29, 0.717) is 0 Å². The zero-order chi connectivity index (χ0) is 11.7. The average molecular weight is 325 g/mol. The van der Waals surface area contributed by atoms with Gasteiger partial charge in [-0.1, -0.05) is 6.07 Å². The van der Waals surface area contributed by atoms with Gasteiger partial charge in [0.1, 0.15) is 5.82 Å². The zero-order valence-electron chi connectivity index (χ0n) is 8.84. The fourth-order valence-corrected chi connectivity index (χ4v) is 3.87. The largest absolute Gasteiger partial charge is 0.325 e. The van der Waals surface area contributed by atoms with Gasteiger partial charge in [-0.15, -0.1) is 22.7 Å². The third-order valence-electron chi connectivity index (χ3n) is 2.46. The second-order valence-electron chi connectivity index (χ2n) is 3.55. The molecule has 0 aliphatic heterocycles. The Morgan fingerprint density at radius 1 is 1.24 bits per heavy atom. The highest BCUT2D eigenvalue weighted by Crippen LogP contribution is 2.27. The minimum atomic E-state index is 0.867. The van der Waals surface area contributed by atoms with Crippen LogP contribution in [0.1, 0.15) is 4.88 Å². The molecule has 0 N–H and O–H groups in total. The van der Waals surface area contributed by atoms with Crippen LogP contribution in [0.3, 0.4) is 0 Å². The molecule has 3 aromatic rings. The fourth-order valence-electron chi connectivity index (χ4n) is 1.66. The molecule has 0 aliphatic rings. The molecule has 3 aromatic heterocycles. The lowest BCUT2D eigenvalue weighted by atomic mass is 10.4. The van der Waals surface area contributed by atoms with Gasteiger partial charge < -0.3 is 4.57 Å². The molecular weight excluding hydrogens is 316 g/mol. The molecule has 0 unspecified atom stereocenters. The van der Waals surface area contributed by atoms with Gasteiger partial charge in [0, 0.05) is 21.7 Å². The third kappa shape index (κ3) is 2.22. The Morgan fingerprint density at radius 3 is 2.88 bits per heavy atom. The van der Waals surface area contributed by atoms with Gasteiger partial charge in [0.15, 0.2) is 0 Å². The van der Waals surface area contributed by atoms with Crippen molar-refractivity contribution in [2.45, 2.75) is 6.54 Å². The van der Waals surface area contributed by atoms with E-state index in [1.165, 1.54) is 14.2 Å². The highest BCUT2D eigenvalue weighted by Gasteiger charge is 2.09. The first kappa shape index (κ1) is 11.2. The zero-order valence-corrected chi connectivity index (χ0v) is 12.1. The predicted molar refractivity (Wildman–Crippen MR) is 76.7 cm³/mol. The van der Waals surface area contributed by atoms with Crippen LogP contribution < -0.4 is 0 Å². The summed E-state index contributed by atoms with van der Waals surface area (Å²) in [6.07, 6.45) is 3.89. The number of rotatable bonds is 3. The van der Waals surface area contributed by atoms with E-state index in [1.54, 1.807) is 22.7 Å². The van der Waals surface area contributed by atoms with Crippen LogP contribution in [0.5, 0.6) is 0 Å². The molecule has 86 valence electrons. The lowest BCUT2D eigenvalue weighted by molar-refractivity contribution is 0.819. The van der Waals surface area contributed by atoms with Gasteiger partial charge in [0.2, 0.25) is 0 Å². The first-order chi connectivity index (χ1) is 8.34. The van der Waals surface area contributed by atoms with Crippen LogP contribution in [0, 0.1) is 0 Å². The van der Waals surface area contributed by atoms with Gasteiger partial charge in [-0.3, -0.25) is 0 Å². The van der Waals surface area contributed by atoms with Crippen molar-refractivity contribution < 1.29 is 0 Å². The summed E-state index contributed by atoms with van der Waals surface area (Å²) in [4.78, 5) is 6.96. The van der Waals surface area contributed by atoms with Gasteiger partial charge in [-0.25, -0.2) is 4.98 Å². The van der Waals surface area contributed by atoms with Crippen molar-refractivity contribution in [3.63, 3.8) is 0 Å². The molecule has 0 spiro atoms. The van der Waals surface area contributed by atoms with Gasteiger partial charge >= 0.3 is 0 Å². The smallest absolute Gasteiger partial charge is 0.150 e. The van der Waals surface area contributed by atoms with E-state index in [4.69, 9.17) is 0 Å². The summed E-state index contributed by atoms with van der Waals surface area (Å²) in [6, 6.07) is 6.24. The van der Waals surface area contributed by atoms with Crippen molar-refractivity contribution in [2.24, 2.45) is 0 Å². The third-order valence-corrected chi connectivity index (χ3v) is 5.24. The maximum Gasteiger partial charge on any atom is 0.150 e. The predicted octanol–water partition coefficient (Wildman–Crippen LogP) is 4.48. The Morgan fingerprint density at radius 2 is 2.18 bits per heavy atom. The van der Waals surface area contributed by atoms with E-state index in [9.17, 15) is 0 Å². The summed E-state index contributed by atoms with van der Waals surface area (Å²) >= 11 is 7.05. The molecule has 0 bridgehead atoms. The van der Waals surface area contributed by atoms with E-state index < -0.39 is 0 Å². The summed E-state index contributed by atoms with van der Waals surface area (Å²) in [5, 5.41) is 4.18. The first-order valence-electron chi connectivity index (χ1n) is 5.11. The SMILES string of the molecule is Brc1ccsc1Cn1ccnc1-c1cccs1. The van der Waals surface area contributed by atoms with Gasteiger partial charge in [-0.05, 0) is 38.8 Å². The molecule has 3 heterocycles. The topological polar surface area (TPSA) is 17.8 Å². The minimum absolute atomic E-state index is 0.867. The van der Waals surface area contributed by atoms with E-state index in [0.717, 1.165) is 12.4 Å². The number of hydrogen-bond acceptors (Lipinski definition) is 3. The summed E-state index contributed by atoms with van der Waals surface area (Å²) in [5.74, 6) is 1.04. The normalized spacial score (nSPS) is 10.9. The molecule has 2 nitrogen and oxygen atoms in total. The molecule has 5 heteroatoms. The molecule has 0 saturated carbocycles. The van der Waals surface area contributed by atoms with Gasteiger partial charge in [-0.2, -0.15) is 0 Å². The summed E-state index contributed by atoms with van der Waals surface area (Å²) in [6.45, 7) is 0.867. The van der Waals surface area contributed by atoms with Crippen molar-refractivity contribution >= 4 is 38.6 Å². The van der Waals surface area contributed by atoms with Crippen LogP contribution in [0.25, 0.3) is 10.7 Å². The number of hydrogen-bond donors (Lipinski definition) is 0. The molecular formula is C12H9BrN2S2. The maximum atomic E-state index is 4.43. The maximum absolute atomic E-state index is 4.43. The summed E-state index contributed by atoms with van der Waals surface area (Å²) in [5.41, 5.74) is 0. The molecule has 0 amide bonds. The number of nitrogens with zero attached hydrogens (tertiary/aromatic N) is 2. The lowest BCUT2D eigenvalue weighted by Crippen LogP contribution is -1.98. The number of halogens is 1. The molecule has 0 radical (unpaired) electrons. The Balaban J connectivity index is 1.95. The van der Waals surface area contributed by atoms with Gasteiger partial charge in [0.05, 0.1) is 11.4 Å². The standard InChI is InChI=1S/C12H9BrN2S2/c13-9-3-7-17-11(9)8-15-5-4-14-12(15)10-2-1-6-16-10/h1-7H,8H2. The van der Waals surface area contributed by atoms with Crippen LogP contribution in [0.2, 0.25) is 0 Å². The highest BCUT2D eigenvalue weighted by molar-refractivity contribution is 9.10. The fraction of sp³-hybridized carbons (Fsp3) is 0.0833. The molecule has 0 atom stereocenters. The summed E-state index contributed by atoms with van der Waals surface area (Å²) < 4.78 is 3.36. The van der Waals surface area contributed by atoms with Gasteiger partial charge in [0.25, 0.3) is 0 Å². The van der Waals surface area contributed by atoms with E-state index in [2.05, 4.69) is 54.4 Å². The van der Waals surface area contributed by atoms with Crippen LogP contribution in [-0.4, -0.2) is 9.55 Å². The minimum Gasteiger partial charge on any atom is -0.325 e. The Labute approximate surface area is 116 Å². The quantitative estimate of drug-likeness (QED) is 0.694. The van der Waals surface area contributed by atoms with Crippen molar-refractivity contribution in [3.05, 3.63) is 50.7 Å². The van der Waals surface area contributed by atoms with Crippen LogP contribution in [-0.2, 0) is 6.54 Å². The molecule has 17 heavy (non-hydrogen) atoms. The van der Waals surface area contributed by atoms with Crippen LogP contribution >= 0.6 is 38.6 Å². The monoisotopic (exact) mass is 324 g/mol. The highest BCUT2D eigenvalue weighted by atomic mass is 79.9. The molecule has 0 saturated heterocycles. The molecule has 0 aromatic carbocycles. The average Bonchev–Trinajstić information content (AvgIpc) is 3.02. The van der Waals surface area contributed by atoms with Crippen molar-refractivity contribution in [1.29, 1.82) is 0 Å². The molecule has 3 rings (SSSR count). The lowest BCUT2D eigenvalue weighted by Gasteiger charge is -2.05.